The van der Waals surface area contributed by atoms with Gasteiger partial charge >= 0.3 is 6.18 Å². The van der Waals surface area contributed by atoms with Crippen molar-refractivity contribution in [1.29, 1.82) is 0 Å². The summed E-state index contributed by atoms with van der Waals surface area (Å²) in [6, 6.07) is 14.4. The van der Waals surface area contributed by atoms with E-state index >= 15 is 0 Å². The van der Waals surface area contributed by atoms with E-state index in [9.17, 15) is 21.6 Å². The van der Waals surface area contributed by atoms with Gasteiger partial charge in [-0.3, -0.25) is 9.71 Å². The molecule has 1 N–H and O–H groups in total. The van der Waals surface area contributed by atoms with Crippen LogP contribution in [0, 0.1) is 0 Å². The maximum absolute atomic E-state index is 12.9. The molecule has 2 aromatic carbocycles. The monoisotopic (exact) mass is 515 g/mol. The molecule has 0 unspecified atom stereocenters. The van der Waals surface area contributed by atoms with Crippen molar-refractivity contribution in [3.8, 4) is 5.75 Å². The van der Waals surface area contributed by atoms with Gasteiger partial charge in [0.15, 0.2) is 0 Å². The van der Waals surface area contributed by atoms with Crippen molar-refractivity contribution in [2.45, 2.75) is 19.3 Å². The molecule has 0 saturated heterocycles. The molecule has 2 heterocycles. The van der Waals surface area contributed by atoms with Crippen LogP contribution >= 0.6 is 0 Å². The van der Waals surface area contributed by atoms with Crippen molar-refractivity contribution >= 4 is 21.8 Å². The van der Waals surface area contributed by atoms with E-state index in [0.717, 1.165) is 29.2 Å². The Labute approximate surface area is 205 Å². The molecule has 12 heteroatoms. The maximum Gasteiger partial charge on any atom is 0.416 e. The number of pyridine rings is 1. The molecule has 0 aliphatic heterocycles. The number of ether oxygens (including phenoxy) is 1. The summed E-state index contributed by atoms with van der Waals surface area (Å²) in [7, 11) is -3.99. The minimum atomic E-state index is -4.52. The van der Waals surface area contributed by atoms with E-state index in [2.05, 4.69) is 20.0 Å². The lowest BCUT2D eigenvalue weighted by Crippen LogP contribution is -2.09. The molecule has 0 amide bonds. The smallest absolute Gasteiger partial charge is 0.416 e. The van der Waals surface area contributed by atoms with Gasteiger partial charge in [0.1, 0.15) is 18.1 Å². The molecule has 2 aromatic heterocycles. The first-order valence-electron chi connectivity index (χ1n) is 10.6. The fraction of sp³-hybridized carbons (Fsp3) is 0.125. The van der Waals surface area contributed by atoms with Crippen LogP contribution in [0.5, 0.6) is 5.75 Å². The second-order valence-electron chi connectivity index (χ2n) is 7.66. The SMILES string of the molecule is O=S(=O)(/C=C/c1cccc(C(F)(F)F)c1)Nc1cccc(OCc2cn(Cc3cccnc3)nn2)c1. The topological polar surface area (TPSA) is 99.0 Å². The standard InChI is InChI=1S/C24H20F3N5O3S/c25-24(26,27)20-6-1-4-18(12-20)9-11-36(33,34)30-21-7-2-8-23(13-21)35-17-22-16-32(31-29-22)15-19-5-3-10-28-14-19/h1-14,16,30H,15,17H2/b11-9+. The second-order valence-corrected chi connectivity index (χ2v) is 9.22. The Balaban J connectivity index is 1.36. The highest BCUT2D eigenvalue weighted by Crippen LogP contribution is 2.30. The predicted octanol–water partition coefficient (Wildman–Crippen LogP) is 4.73. The van der Waals surface area contributed by atoms with Crippen LogP contribution in [-0.4, -0.2) is 28.4 Å². The lowest BCUT2D eigenvalue weighted by atomic mass is 10.1. The van der Waals surface area contributed by atoms with Gasteiger partial charge in [0.2, 0.25) is 0 Å². The van der Waals surface area contributed by atoms with Crippen LogP contribution in [0.15, 0.2) is 84.7 Å². The van der Waals surface area contributed by atoms with Gasteiger partial charge in [-0.25, -0.2) is 13.1 Å². The minimum Gasteiger partial charge on any atom is -0.487 e. The van der Waals surface area contributed by atoms with Crippen LogP contribution in [-0.2, 0) is 29.4 Å². The lowest BCUT2D eigenvalue weighted by Gasteiger charge is -2.08. The predicted molar refractivity (Wildman–Crippen MR) is 127 cm³/mol. The number of anilines is 1. The molecular weight excluding hydrogens is 495 g/mol. The number of halogens is 3. The van der Waals surface area contributed by atoms with Gasteiger partial charge in [0.05, 0.1) is 29.4 Å². The van der Waals surface area contributed by atoms with Gasteiger partial charge in [-0.2, -0.15) is 13.2 Å². The number of hydrogen-bond acceptors (Lipinski definition) is 6. The quantitative estimate of drug-likeness (QED) is 0.346. The summed E-state index contributed by atoms with van der Waals surface area (Å²) >= 11 is 0. The largest absolute Gasteiger partial charge is 0.487 e. The van der Waals surface area contributed by atoms with Crippen molar-refractivity contribution < 1.29 is 26.3 Å². The average Bonchev–Trinajstić information content (AvgIpc) is 3.29. The van der Waals surface area contributed by atoms with E-state index < -0.39 is 21.8 Å². The van der Waals surface area contributed by atoms with Crippen molar-refractivity contribution in [2.24, 2.45) is 0 Å². The molecule has 0 spiro atoms. The van der Waals surface area contributed by atoms with E-state index in [1.807, 2.05) is 12.1 Å². The van der Waals surface area contributed by atoms with E-state index in [1.54, 1.807) is 35.4 Å². The normalized spacial score (nSPS) is 12.1. The molecule has 8 nitrogen and oxygen atoms in total. The van der Waals surface area contributed by atoms with Crippen molar-refractivity contribution in [3.63, 3.8) is 0 Å². The first kappa shape index (κ1) is 24.9. The molecule has 0 radical (unpaired) electrons. The molecule has 0 aliphatic carbocycles. The molecule has 0 atom stereocenters. The lowest BCUT2D eigenvalue weighted by molar-refractivity contribution is -0.137. The number of nitrogens with zero attached hydrogens (tertiary/aromatic N) is 4. The molecule has 0 saturated carbocycles. The first-order valence-corrected chi connectivity index (χ1v) is 12.1. The highest BCUT2D eigenvalue weighted by molar-refractivity contribution is 7.95. The second kappa shape index (κ2) is 10.6. The number of hydrogen-bond donors (Lipinski definition) is 1. The summed E-state index contributed by atoms with van der Waals surface area (Å²) in [4.78, 5) is 4.06. The number of aromatic nitrogens is 4. The van der Waals surface area contributed by atoms with E-state index in [1.165, 1.54) is 24.3 Å². The summed E-state index contributed by atoms with van der Waals surface area (Å²) in [6.45, 7) is 0.616. The Morgan fingerprint density at radius 2 is 1.89 bits per heavy atom. The number of rotatable bonds is 9. The summed E-state index contributed by atoms with van der Waals surface area (Å²) in [6.07, 6.45) is 1.73. The zero-order valence-corrected chi connectivity index (χ0v) is 19.4. The summed E-state index contributed by atoms with van der Waals surface area (Å²) in [5.74, 6) is 0.388. The third-order valence-corrected chi connectivity index (χ3v) is 5.80. The molecule has 0 bridgehead atoms. The molecule has 4 aromatic rings. The van der Waals surface area contributed by atoms with Crippen LogP contribution in [0.2, 0.25) is 0 Å². The Kier molecular flexibility index (Phi) is 7.34. The van der Waals surface area contributed by atoms with E-state index in [4.69, 9.17) is 4.74 Å². The molecule has 36 heavy (non-hydrogen) atoms. The Bertz CT molecular complexity index is 1460. The van der Waals surface area contributed by atoms with Crippen molar-refractivity contribution in [1.82, 2.24) is 20.0 Å². The number of benzene rings is 2. The maximum atomic E-state index is 12.9. The van der Waals surface area contributed by atoms with E-state index in [0.29, 0.717) is 18.0 Å². The van der Waals surface area contributed by atoms with Crippen LogP contribution in [0.4, 0.5) is 18.9 Å². The average molecular weight is 516 g/mol. The van der Waals surface area contributed by atoms with Gasteiger partial charge in [0, 0.05) is 18.5 Å². The Morgan fingerprint density at radius 3 is 2.67 bits per heavy atom. The minimum absolute atomic E-state index is 0.101. The van der Waals surface area contributed by atoms with Gasteiger partial charge in [-0.05, 0) is 47.5 Å². The third kappa shape index (κ3) is 7.15. The van der Waals surface area contributed by atoms with Crippen molar-refractivity contribution in [2.75, 3.05) is 4.72 Å². The Hall–Kier alpha value is -4.19. The van der Waals surface area contributed by atoms with Gasteiger partial charge in [-0.1, -0.05) is 29.5 Å². The molecule has 4 rings (SSSR count). The molecular formula is C24H20F3N5O3S. The fourth-order valence-electron chi connectivity index (χ4n) is 3.15. The summed E-state index contributed by atoms with van der Waals surface area (Å²) in [5.41, 5.74) is 1.01. The van der Waals surface area contributed by atoms with Crippen LogP contribution < -0.4 is 9.46 Å². The van der Waals surface area contributed by atoms with Gasteiger partial charge in [0.25, 0.3) is 10.0 Å². The van der Waals surface area contributed by atoms with Crippen LogP contribution in [0.3, 0.4) is 0 Å². The third-order valence-electron chi connectivity index (χ3n) is 4.79. The van der Waals surface area contributed by atoms with Crippen LogP contribution in [0.25, 0.3) is 6.08 Å². The molecule has 0 fully saturated rings. The highest BCUT2D eigenvalue weighted by Gasteiger charge is 2.30. The fourth-order valence-corrected chi connectivity index (χ4v) is 4.01. The summed E-state index contributed by atoms with van der Waals surface area (Å²) < 4.78 is 73.1. The number of sulfonamides is 1. The van der Waals surface area contributed by atoms with E-state index in [-0.39, 0.29) is 17.9 Å². The molecule has 0 aliphatic rings. The number of alkyl halides is 3. The highest BCUT2D eigenvalue weighted by atomic mass is 32.2. The van der Waals surface area contributed by atoms with Gasteiger partial charge < -0.3 is 4.74 Å². The van der Waals surface area contributed by atoms with Crippen molar-refractivity contribution in [3.05, 3.63) is 107 Å². The molecule has 186 valence electrons. The number of nitrogens with one attached hydrogen (secondary N) is 1. The summed E-state index contributed by atoms with van der Waals surface area (Å²) in [5, 5.41) is 8.91. The Morgan fingerprint density at radius 1 is 1.06 bits per heavy atom. The van der Waals surface area contributed by atoms with Gasteiger partial charge in [-0.15, -0.1) is 5.10 Å². The zero-order chi connectivity index (χ0) is 25.6. The zero-order valence-electron chi connectivity index (χ0n) is 18.6. The van der Waals surface area contributed by atoms with Crippen LogP contribution in [0.1, 0.15) is 22.4 Å². The first-order chi connectivity index (χ1) is 17.2.